The summed E-state index contributed by atoms with van der Waals surface area (Å²) in [6.45, 7) is 19.1. The zero-order chi connectivity index (χ0) is 28.6. The number of carbonyl (C=O) groups is 2. The molecule has 0 radical (unpaired) electrons. The molecule has 1 unspecified atom stereocenters. The van der Waals surface area contributed by atoms with Crippen LogP contribution < -0.4 is 16.0 Å². The number of thioether (sulfide) groups is 1. The second-order valence-corrected chi connectivity index (χ2v) is 11.2. The van der Waals surface area contributed by atoms with Crippen molar-refractivity contribution in [3.8, 4) is 6.07 Å². The maximum atomic E-state index is 12.4. The van der Waals surface area contributed by atoms with Gasteiger partial charge in [-0.1, -0.05) is 49.0 Å². The Balaban J connectivity index is 1.79. The maximum absolute atomic E-state index is 12.4. The second kappa shape index (κ2) is 13.3. The molecule has 0 spiro atoms. The van der Waals surface area contributed by atoms with Gasteiger partial charge in [0.1, 0.15) is 27.8 Å². The lowest BCUT2D eigenvalue weighted by atomic mass is 10.1. The molecule has 1 aromatic carbocycles. The highest BCUT2D eigenvalue weighted by Crippen LogP contribution is 2.42. The van der Waals surface area contributed by atoms with Crippen molar-refractivity contribution in [1.29, 1.82) is 5.26 Å². The smallest absolute Gasteiger partial charge is 0.407 e. The molecule has 0 saturated carbocycles. The Kier molecular flexibility index (Phi) is 10.2. The normalized spacial score (nSPS) is 14.7. The van der Waals surface area contributed by atoms with Crippen molar-refractivity contribution in [2.24, 2.45) is 5.73 Å². The van der Waals surface area contributed by atoms with Crippen LogP contribution in [-0.2, 0) is 16.0 Å². The van der Waals surface area contributed by atoms with Crippen LogP contribution in [0.5, 0.6) is 0 Å². The molecule has 0 bridgehead atoms. The number of primary amides is 1. The van der Waals surface area contributed by atoms with Crippen molar-refractivity contribution in [3.63, 3.8) is 0 Å². The van der Waals surface area contributed by atoms with Crippen molar-refractivity contribution in [3.05, 3.63) is 58.4 Å². The summed E-state index contributed by atoms with van der Waals surface area (Å²) in [7, 11) is 0. The van der Waals surface area contributed by atoms with E-state index in [1.165, 1.54) is 0 Å². The van der Waals surface area contributed by atoms with E-state index in [1.54, 1.807) is 0 Å². The fourth-order valence-corrected chi connectivity index (χ4v) is 5.37. The molecular weight excluding hydrogens is 514 g/mol. The van der Waals surface area contributed by atoms with Gasteiger partial charge in [0.15, 0.2) is 0 Å². The molecule has 1 aliphatic heterocycles. The van der Waals surface area contributed by atoms with Crippen LogP contribution in [-0.4, -0.2) is 66.8 Å². The first-order valence-corrected chi connectivity index (χ1v) is 13.7. The third kappa shape index (κ3) is 7.85. The van der Waals surface area contributed by atoms with Gasteiger partial charge in [0.2, 0.25) is 11.6 Å². The number of nitrogens with one attached hydrogen (secondary N) is 1. The van der Waals surface area contributed by atoms with E-state index in [4.69, 9.17) is 22.0 Å². The van der Waals surface area contributed by atoms with E-state index in [0.29, 0.717) is 73.3 Å². The molecular formula is C28H35N7O3S. The summed E-state index contributed by atoms with van der Waals surface area (Å²) in [6.07, 6.45) is 0.0403. The number of nitrogens with zero attached hydrogens (tertiary/aromatic N) is 5. The van der Waals surface area contributed by atoms with Crippen molar-refractivity contribution in [2.75, 3.05) is 44.2 Å². The van der Waals surface area contributed by atoms with Gasteiger partial charge in [-0.25, -0.2) is 14.6 Å². The second-order valence-electron chi connectivity index (χ2n) is 10.1. The number of pyridine rings is 1. The average molecular weight is 550 g/mol. The molecule has 1 aromatic heterocycles. The number of hydrogen-bond donors (Lipinski definition) is 2. The fraction of sp³-hybridized carbons (Fsp3) is 0.464. The van der Waals surface area contributed by atoms with Crippen LogP contribution in [0.3, 0.4) is 0 Å². The van der Waals surface area contributed by atoms with E-state index < -0.39 is 22.9 Å². The van der Waals surface area contributed by atoms with Crippen LogP contribution in [0, 0.1) is 17.9 Å². The zero-order valence-electron chi connectivity index (χ0n) is 22.9. The molecule has 10 nitrogen and oxygen atoms in total. The van der Waals surface area contributed by atoms with E-state index in [2.05, 4.69) is 26.0 Å². The summed E-state index contributed by atoms with van der Waals surface area (Å²) in [5.41, 5.74) is 7.24. The summed E-state index contributed by atoms with van der Waals surface area (Å²) in [5, 5.41) is 12.5. The Bertz CT molecular complexity index is 1260. The van der Waals surface area contributed by atoms with Crippen LogP contribution in [0.2, 0.25) is 0 Å². The number of alkyl carbamates (subject to hydrolysis) is 1. The summed E-state index contributed by atoms with van der Waals surface area (Å²) in [4.78, 5) is 37.1. The zero-order valence-corrected chi connectivity index (χ0v) is 23.7. The first kappa shape index (κ1) is 29.8. The number of rotatable bonds is 9. The first-order valence-electron chi connectivity index (χ1n) is 12.9. The third-order valence-electron chi connectivity index (χ3n) is 6.16. The molecule has 1 fully saturated rings. The minimum Gasteiger partial charge on any atom is -0.444 e. The van der Waals surface area contributed by atoms with Crippen LogP contribution in [0.25, 0.3) is 4.85 Å². The highest BCUT2D eigenvalue weighted by molar-refractivity contribution is 8.00. The van der Waals surface area contributed by atoms with Gasteiger partial charge < -0.3 is 20.7 Å². The largest absolute Gasteiger partial charge is 0.444 e. The van der Waals surface area contributed by atoms with Gasteiger partial charge in [-0.05, 0) is 38.3 Å². The molecule has 3 rings (SSSR count). The van der Waals surface area contributed by atoms with Gasteiger partial charge >= 0.3 is 6.09 Å². The lowest BCUT2D eigenvalue weighted by molar-refractivity contribution is -0.117. The minimum atomic E-state index is -0.725. The van der Waals surface area contributed by atoms with Gasteiger partial charge in [0.25, 0.3) is 0 Å². The number of ether oxygens (including phenoxy) is 1. The SMILES string of the molecule is [C-]#[N+]c1c(N2CCN(CCNC(=O)OC(C)(C)C)CC2)nc(SC(C(N)=O)c2ccccc2)c(C#N)c1CC. The number of nitriles is 1. The van der Waals surface area contributed by atoms with Gasteiger partial charge in [-0.3, -0.25) is 9.69 Å². The number of amides is 2. The molecule has 1 atom stereocenters. The number of hydrogen-bond acceptors (Lipinski definition) is 8. The van der Waals surface area contributed by atoms with Gasteiger partial charge in [0.05, 0.1) is 12.1 Å². The standard InChI is InChI=1S/C28H35N7O3S/c1-6-20-21(18-29)26(39-23(24(30)36)19-10-8-7-9-11-19)33-25(22(20)31-5)35-16-14-34(15-17-35)13-12-32-27(37)38-28(2,3)4/h7-11,23H,6,12-17H2,1-4H3,(H2,30,36)(H,32,37). The molecule has 11 heteroatoms. The van der Waals surface area contributed by atoms with Gasteiger partial charge in [-0.2, -0.15) is 5.26 Å². The quantitative estimate of drug-likeness (QED) is 0.354. The van der Waals surface area contributed by atoms with Crippen LogP contribution in [0.4, 0.5) is 16.3 Å². The number of anilines is 1. The number of piperazine rings is 1. The van der Waals surface area contributed by atoms with Gasteiger partial charge in [-0.15, -0.1) is 0 Å². The molecule has 3 N–H and O–H groups in total. The predicted molar refractivity (Wildman–Crippen MR) is 152 cm³/mol. The Labute approximate surface area is 234 Å². The van der Waals surface area contributed by atoms with Crippen molar-refractivity contribution in [2.45, 2.75) is 50.0 Å². The topological polar surface area (TPSA) is 129 Å². The van der Waals surface area contributed by atoms with E-state index >= 15 is 0 Å². The molecule has 1 saturated heterocycles. The van der Waals surface area contributed by atoms with Crippen molar-refractivity contribution in [1.82, 2.24) is 15.2 Å². The highest BCUT2D eigenvalue weighted by atomic mass is 32.2. The Morgan fingerprint density at radius 3 is 2.46 bits per heavy atom. The van der Waals surface area contributed by atoms with Crippen LogP contribution in [0.15, 0.2) is 35.4 Å². The third-order valence-corrected chi connectivity index (χ3v) is 7.42. The lowest BCUT2D eigenvalue weighted by Gasteiger charge is -2.36. The van der Waals surface area contributed by atoms with E-state index in [-0.39, 0.29) is 0 Å². The lowest BCUT2D eigenvalue weighted by Crippen LogP contribution is -2.49. The van der Waals surface area contributed by atoms with E-state index in [0.717, 1.165) is 17.3 Å². The number of nitrogens with two attached hydrogens (primary N) is 1. The number of aromatic nitrogens is 1. The fourth-order valence-electron chi connectivity index (χ4n) is 4.31. The van der Waals surface area contributed by atoms with Gasteiger partial charge in [0, 0.05) is 39.3 Å². The average Bonchev–Trinajstić information content (AvgIpc) is 2.90. The summed E-state index contributed by atoms with van der Waals surface area (Å²) >= 11 is 1.15. The van der Waals surface area contributed by atoms with E-state index in [1.807, 2.05) is 58.0 Å². The predicted octanol–water partition coefficient (Wildman–Crippen LogP) is 4.03. The summed E-state index contributed by atoms with van der Waals surface area (Å²) in [5.74, 6) is -0.00879. The Morgan fingerprint density at radius 2 is 1.92 bits per heavy atom. The molecule has 2 aromatic rings. The summed E-state index contributed by atoms with van der Waals surface area (Å²) in [6, 6.07) is 11.4. The summed E-state index contributed by atoms with van der Waals surface area (Å²) < 4.78 is 5.28. The molecule has 2 amide bonds. The van der Waals surface area contributed by atoms with E-state index in [9.17, 15) is 14.9 Å². The Morgan fingerprint density at radius 1 is 1.26 bits per heavy atom. The number of carbonyl (C=O) groups excluding carboxylic acids is 2. The Hall–Kier alpha value is -3.80. The molecule has 206 valence electrons. The maximum Gasteiger partial charge on any atom is 0.407 e. The first-order chi connectivity index (χ1) is 18.6. The molecule has 2 heterocycles. The molecule has 0 aliphatic carbocycles. The van der Waals surface area contributed by atoms with Crippen LogP contribution >= 0.6 is 11.8 Å². The highest BCUT2D eigenvalue weighted by Gasteiger charge is 2.28. The van der Waals surface area contributed by atoms with Crippen molar-refractivity contribution < 1.29 is 14.3 Å². The molecule has 39 heavy (non-hydrogen) atoms. The monoisotopic (exact) mass is 549 g/mol. The number of benzene rings is 1. The minimum absolute atomic E-state index is 0.311. The van der Waals surface area contributed by atoms with Crippen LogP contribution in [0.1, 0.15) is 49.6 Å². The van der Waals surface area contributed by atoms with Crippen molar-refractivity contribution >= 4 is 35.3 Å². The molecule has 1 aliphatic rings.